The number of hydrogen-bond donors (Lipinski definition) is 0. The summed E-state index contributed by atoms with van der Waals surface area (Å²) in [5, 5.41) is 9.07. The molecule has 2 aromatic carbocycles. The molecule has 4 aromatic rings. The average Bonchev–Trinajstić information content (AvgIpc) is 3.36. The molecule has 31 heavy (non-hydrogen) atoms. The molecule has 0 unspecified atom stereocenters. The van der Waals surface area contributed by atoms with Crippen molar-refractivity contribution in [2.75, 3.05) is 0 Å². The van der Waals surface area contributed by atoms with E-state index >= 15 is 0 Å². The van der Waals surface area contributed by atoms with Gasteiger partial charge in [0.2, 0.25) is 5.82 Å². The molecule has 2 heterocycles. The summed E-state index contributed by atoms with van der Waals surface area (Å²) >= 11 is 5.88. The van der Waals surface area contributed by atoms with Crippen LogP contribution >= 0.6 is 11.6 Å². The van der Waals surface area contributed by atoms with Gasteiger partial charge in [0.15, 0.2) is 6.61 Å². The lowest BCUT2D eigenvalue weighted by Gasteiger charge is -2.03. The van der Waals surface area contributed by atoms with Gasteiger partial charge in [-0.2, -0.15) is 10.1 Å². The molecular weight excluding hydrogens is 416 g/mol. The Kier molecular flexibility index (Phi) is 5.95. The quantitative estimate of drug-likeness (QED) is 0.315. The summed E-state index contributed by atoms with van der Waals surface area (Å²) in [5.74, 6) is 0.0892. The number of carbonyl (C=O) groups is 1. The number of para-hydroxylation sites is 1. The Morgan fingerprint density at radius 2 is 1.87 bits per heavy atom. The fourth-order valence-electron chi connectivity index (χ4n) is 3.08. The van der Waals surface area contributed by atoms with Crippen LogP contribution in [0.4, 0.5) is 0 Å². The number of carbonyl (C=O) groups excluding carboxylic acids is 1. The highest BCUT2D eigenvalue weighted by Crippen LogP contribution is 2.20. The van der Waals surface area contributed by atoms with E-state index in [1.807, 2.05) is 48.9 Å². The Bertz CT molecular complexity index is 1230. The predicted molar refractivity (Wildman–Crippen MR) is 117 cm³/mol. The first-order valence-corrected chi connectivity index (χ1v) is 9.94. The molecule has 0 radical (unpaired) electrons. The van der Waals surface area contributed by atoms with Crippen LogP contribution in [0.5, 0.6) is 0 Å². The number of rotatable bonds is 6. The third-order valence-corrected chi connectivity index (χ3v) is 4.89. The molecule has 156 valence electrons. The van der Waals surface area contributed by atoms with Gasteiger partial charge in [-0.3, -0.25) is 0 Å². The number of halogens is 1. The van der Waals surface area contributed by atoms with Gasteiger partial charge >= 0.3 is 5.97 Å². The van der Waals surface area contributed by atoms with E-state index in [0.29, 0.717) is 10.8 Å². The van der Waals surface area contributed by atoms with Crippen molar-refractivity contribution in [2.45, 2.75) is 20.5 Å². The Balaban J connectivity index is 1.40. The van der Waals surface area contributed by atoms with Gasteiger partial charge in [-0.1, -0.05) is 35.0 Å². The lowest BCUT2D eigenvalue weighted by Crippen LogP contribution is -2.01. The minimum absolute atomic E-state index is 0.120. The summed E-state index contributed by atoms with van der Waals surface area (Å²) in [6, 6.07) is 16.9. The van der Waals surface area contributed by atoms with Crippen molar-refractivity contribution < 1.29 is 14.1 Å². The van der Waals surface area contributed by atoms with Gasteiger partial charge in [0.25, 0.3) is 5.89 Å². The third-order valence-electron chi connectivity index (χ3n) is 4.64. The van der Waals surface area contributed by atoms with E-state index in [-0.39, 0.29) is 12.5 Å². The molecule has 0 saturated carbocycles. The molecule has 7 nitrogen and oxygen atoms in total. The van der Waals surface area contributed by atoms with Gasteiger partial charge < -0.3 is 9.26 Å². The lowest BCUT2D eigenvalue weighted by atomic mass is 10.2. The van der Waals surface area contributed by atoms with Crippen LogP contribution in [-0.4, -0.2) is 25.9 Å². The second-order valence-electron chi connectivity index (χ2n) is 6.79. The first-order chi connectivity index (χ1) is 15.0. The van der Waals surface area contributed by atoms with Crippen molar-refractivity contribution in [3.8, 4) is 17.1 Å². The SMILES string of the molecule is Cc1nn(-c2ccccc2)c(C)c1/C=C/C(=O)OCc1nc(-c2ccc(Cl)cc2)no1. The molecule has 0 atom stereocenters. The second kappa shape index (κ2) is 8.97. The second-order valence-corrected chi connectivity index (χ2v) is 7.23. The maximum Gasteiger partial charge on any atom is 0.331 e. The number of esters is 1. The summed E-state index contributed by atoms with van der Waals surface area (Å²) in [6.45, 7) is 3.73. The van der Waals surface area contributed by atoms with E-state index in [2.05, 4.69) is 15.2 Å². The van der Waals surface area contributed by atoms with Gasteiger partial charge in [0, 0.05) is 27.9 Å². The largest absolute Gasteiger partial charge is 0.452 e. The fourth-order valence-corrected chi connectivity index (χ4v) is 3.20. The summed E-state index contributed by atoms with van der Waals surface area (Å²) in [6.07, 6.45) is 3.06. The average molecular weight is 435 g/mol. The summed E-state index contributed by atoms with van der Waals surface area (Å²) in [5.41, 5.74) is 4.32. The third kappa shape index (κ3) is 4.73. The van der Waals surface area contributed by atoms with E-state index in [1.165, 1.54) is 6.08 Å². The van der Waals surface area contributed by atoms with Gasteiger partial charge in [-0.15, -0.1) is 0 Å². The number of hydrogen-bond acceptors (Lipinski definition) is 6. The first-order valence-electron chi connectivity index (χ1n) is 9.56. The molecule has 8 heteroatoms. The molecule has 2 aromatic heterocycles. The highest BCUT2D eigenvalue weighted by atomic mass is 35.5. The Labute approximate surface area is 183 Å². The molecule has 0 saturated heterocycles. The number of ether oxygens (including phenoxy) is 1. The zero-order valence-electron chi connectivity index (χ0n) is 16.9. The molecule has 0 aliphatic heterocycles. The summed E-state index contributed by atoms with van der Waals surface area (Å²) in [4.78, 5) is 16.4. The van der Waals surface area contributed by atoms with Crippen molar-refractivity contribution >= 4 is 23.6 Å². The number of aromatic nitrogens is 4. The zero-order valence-corrected chi connectivity index (χ0v) is 17.7. The zero-order chi connectivity index (χ0) is 21.8. The molecule has 4 rings (SSSR count). The molecule has 0 aliphatic rings. The molecule has 0 bridgehead atoms. The minimum Gasteiger partial charge on any atom is -0.452 e. The standard InChI is InChI=1S/C23H19ClN4O3/c1-15-20(16(2)28(26-15)19-6-4-3-5-7-19)12-13-22(29)30-14-21-25-23(27-31-21)17-8-10-18(24)11-9-17/h3-13H,14H2,1-2H3/b13-12+. The van der Waals surface area contributed by atoms with Gasteiger partial charge in [-0.05, 0) is 56.3 Å². The molecule has 0 amide bonds. The highest BCUT2D eigenvalue weighted by molar-refractivity contribution is 6.30. The monoisotopic (exact) mass is 434 g/mol. The fraction of sp³-hybridized carbons (Fsp3) is 0.130. The van der Waals surface area contributed by atoms with Crippen LogP contribution in [0.15, 0.2) is 65.2 Å². The van der Waals surface area contributed by atoms with Gasteiger partial charge in [0.05, 0.1) is 11.4 Å². The summed E-state index contributed by atoms with van der Waals surface area (Å²) < 4.78 is 12.2. The number of aryl methyl sites for hydroxylation is 1. The van der Waals surface area contributed by atoms with Crippen molar-refractivity contribution in [3.05, 3.63) is 88.5 Å². The normalized spacial score (nSPS) is 11.2. The smallest absolute Gasteiger partial charge is 0.331 e. The van der Waals surface area contributed by atoms with Crippen molar-refractivity contribution in [1.82, 2.24) is 19.9 Å². The van der Waals surface area contributed by atoms with Crippen LogP contribution < -0.4 is 0 Å². The maximum absolute atomic E-state index is 12.2. The number of nitrogens with zero attached hydrogens (tertiary/aromatic N) is 4. The van der Waals surface area contributed by atoms with Crippen LogP contribution in [0.3, 0.4) is 0 Å². The number of benzene rings is 2. The molecule has 0 N–H and O–H groups in total. The van der Waals surface area contributed by atoms with E-state index in [4.69, 9.17) is 20.9 Å². The van der Waals surface area contributed by atoms with Crippen LogP contribution in [0.2, 0.25) is 5.02 Å². The highest BCUT2D eigenvalue weighted by Gasteiger charge is 2.12. The topological polar surface area (TPSA) is 83.0 Å². The van der Waals surface area contributed by atoms with E-state index in [0.717, 1.165) is 28.2 Å². The van der Waals surface area contributed by atoms with E-state index in [1.54, 1.807) is 30.3 Å². The van der Waals surface area contributed by atoms with Crippen LogP contribution in [-0.2, 0) is 16.1 Å². The molecule has 0 aliphatic carbocycles. The van der Waals surface area contributed by atoms with E-state index in [9.17, 15) is 4.79 Å². The van der Waals surface area contributed by atoms with Crippen LogP contribution in [0.25, 0.3) is 23.2 Å². The Morgan fingerprint density at radius 1 is 1.13 bits per heavy atom. The Morgan fingerprint density at radius 3 is 2.61 bits per heavy atom. The van der Waals surface area contributed by atoms with Crippen molar-refractivity contribution in [2.24, 2.45) is 0 Å². The van der Waals surface area contributed by atoms with Gasteiger partial charge in [-0.25, -0.2) is 9.48 Å². The maximum atomic E-state index is 12.2. The minimum atomic E-state index is -0.516. The van der Waals surface area contributed by atoms with Crippen molar-refractivity contribution in [1.29, 1.82) is 0 Å². The first kappa shape index (κ1) is 20.6. The van der Waals surface area contributed by atoms with Gasteiger partial charge in [0.1, 0.15) is 0 Å². The van der Waals surface area contributed by atoms with Crippen LogP contribution in [0, 0.1) is 13.8 Å². The molecule has 0 spiro atoms. The van der Waals surface area contributed by atoms with E-state index < -0.39 is 5.97 Å². The predicted octanol–water partition coefficient (Wildman–Crippen LogP) is 4.95. The van der Waals surface area contributed by atoms with Crippen molar-refractivity contribution in [3.63, 3.8) is 0 Å². The molecule has 0 fully saturated rings. The lowest BCUT2D eigenvalue weighted by molar-refractivity contribution is -0.139. The molecular formula is C23H19ClN4O3. The Hall–Kier alpha value is -3.71. The van der Waals surface area contributed by atoms with Crippen LogP contribution in [0.1, 0.15) is 22.8 Å². The summed E-state index contributed by atoms with van der Waals surface area (Å²) in [7, 11) is 0.